The number of hydrogen-bond acceptors (Lipinski definition) is 4. The van der Waals surface area contributed by atoms with Crippen molar-refractivity contribution in [3.8, 4) is 0 Å². The van der Waals surface area contributed by atoms with Gasteiger partial charge in [0.1, 0.15) is 9.72 Å². The van der Waals surface area contributed by atoms with Crippen LogP contribution in [0.1, 0.15) is 0 Å². The van der Waals surface area contributed by atoms with Crippen LogP contribution in [-0.2, 0) is 14.9 Å². The summed E-state index contributed by atoms with van der Waals surface area (Å²) in [5.74, 6) is -0.383. The van der Waals surface area contributed by atoms with Crippen molar-refractivity contribution in [2.24, 2.45) is 0 Å². The molecule has 1 rings (SSSR count). The van der Waals surface area contributed by atoms with Gasteiger partial charge in [-0.05, 0) is 12.1 Å². The van der Waals surface area contributed by atoms with E-state index < -0.39 is 19.8 Å². The second-order valence-corrected chi connectivity index (χ2v) is 6.45. The molecule has 0 aromatic heterocycles. The third-order valence-corrected chi connectivity index (χ3v) is 5.19. The first-order valence-electron chi connectivity index (χ1n) is 4.64. The second kappa shape index (κ2) is 6.00. The zero-order chi connectivity index (χ0) is 13.9. The van der Waals surface area contributed by atoms with Gasteiger partial charge in [-0.3, -0.25) is 9.35 Å². The molecule has 0 aliphatic rings. The van der Waals surface area contributed by atoms with E-state index in [1.807, 2.05) is 0 Å². The number of benzene rings is 1. The molecular formula is C9H10Br2N2O4S. The maximum absolute atomic E-state index is 11.6. The van der Waals surface area contributed by atoms with E-state index in [1.165, 1.54) is 12.1 Å². The van der Waals surface area contributed by atoms with Crippen molar-refractivity contribution in [2.45, 2.75) is 9.72 Å². The fraction of sp³-hybridized carbons (Fsp3) is 0.222. The third-order valence-electron chi connectivity index (χ3n) is 2.02. The van der Waals surface area contributed by atoms with E-state index in [4.69, 9.17) is 10.3 Å². The molecule has 0 aliphatic carbocycles. The van der Waals surface area contributed by atoms with Crippen molar-refractivity contribution >= 4 is 59.3 Å². The minimum atomic E-state index is -4.41. The number of carbonyl (C=O) groups excluding carboxylic acids is 1. The van der Waals surface area contributed by atoms with Gasteiger partial charge in [-0.1, -0.05) is 37.9 Å². The molecule has 0 saturated heterocycles. The summed E-state index contributed by atoms with van der Waals surface area (Å²) in [7, 11) is -4.41. The van der Waals surface area contributed by atoms with Crippen molar-refractivity contribution in [1.82, 2.24) is 0 Å². The van der Waals surface area contributed by atoms with Crippen LogP contribution >= 0.6 is 31.9 Å². The topological polar surface area (TPSA) is 109 Å². The lowest BCUT2D eigenvalue weighted by Gasteiger charge is -2.12. The first-order valence-corrected chi connectivity index (χ1v) is 8.12. The number of rotatable bonds is 4. The minimum Gasteiger partial charge on any atom is -0.396 e. The number of anilines is 2. The fourth-order valence-corrected chi connectivity index (χ4v) is 2.21. The van der Waals surface area contributed by atoms with Crippen molar-refractivity contribution in [2.75, 3.05) is 16.4 Å². The number of nitrogens with one attached hydrogen (secondary N) is 1. The molecule has 0 aliphatic heterocycles. The van der Waals surface area contributed by atoms with E-state index in [0.29, 0.717) is 5.33 Å². The molecule has 18 heavy (non-hydrogen) atoms. The summed E-state index contributed by atoms with van der Waals surface area (Å²) in [4.78, 5) is 10.7. The lowest BCUT2D eigenvalue weighted by atomic mass is 10.2. The van der Waals surface area contributed by atoms with Crippen LogP contribution in [0.2, 0.25) is 0 Å². The monoisotopic (exact) mass is 400 g/mol. The quantitative estimate of drug-likeness (QED) is 0.403. The van der Waals surface area contributed by atoms with Gasteiger partial charge in [0.05, 0.1) is 11.4 Å². The highest BCUT2D eigenvalue weighted by Crippen LogP contribution is 2.26. The van der Waals surface area contributed by atoms with Crippen LogP contribution in [0.5, 0.6) is 0 Å². The van der Waals surface area contributed by atoms with Crippen LogP contribution < -0.4 is 11.1 Å². The Bertz CT molecular complexity index is 562. The van der Waals surface area contributed by atoms with E-state index in [1.54, 1.807) is 0 Å². The predicted molar refractivity (Wildman–Crippen MR) is 75.8 cm³/mol. The van der Waals surface area contributed by atoms with E-state index >= 15 is 0 Å². The van der Waals surface area contributed by atoms with Gasteiger partial charge >= 0.3 is 0 Å². The molecular weight excluding hydrogens is 392 g/mol. The Hall–Kier alpha value is -0.640. The first kappa shape index (κ1) is 15.4. The zero-order valence-electron chi connectivity index (χ0n) is 8.93. The molecule has 1 amide bonds. The van der Waals surface area contributed by atoms with Gasteiger partial charge in [-0.25, -0.2) is 0 Å². The van der Waals surface area contributed by atoms with Gasteiger partial charge in [0.15, 0.2) is 0 Å². The molecule has 1 unspecified atom stereocenters. The third kappa shape index (κ3) is 3.67. The van der Waals surface area contributed by atoms with E-state index in [-0.39, 0.29) is 17.3 Å². The normalized spacial score (nSPS) is 13.1. The lowest BCUT2D eigenvalue weighted by Crippen LogP contribution is -2.24. The molecule has 0 saturated carbocycles. The summed E-state index contributed by atoms with van der Waals surface area (Å²) in [5.41, 5.74) is 5.50. The predicted octanol–water partition coefficient (Wildman–Crippen LogP) is 1.61. The number of para-hydroxylation sites is 1. The molecule has 1 aromatic carbocycles. The maximum atomic E-state index is 11.6. The van der Waals surface area contributed by atoms with Crippen molar-refractivity contribution in [3.05, 3.63) is 18.2 Å². The van der Waals surface area contributed by atoms with Gasteiger partial charge in [0.25, 0.3) is 10.1 Å². The Balaban J connectivity index is 3.10. The average molecular weight is 402 g/mol. The van der Waals surface area contributed by atoms with Crippen LogP contribution in [0.15, 0.2) is 23.1 Å². The summed E-state index contributed by atoms with van der Waals surface area (Å²) in [5, 5.41) is 2.84. The zero-order valence-corrected chi connectivity index (χ0v) is 12.9. The molecule has 0 heterocycles. The second-order valence-electron chi connectivity index (χ2n) is 3.30. The average Bonchev–Trinajstić information content (AvgIpc) is 2.29. The highest BCUT2D eigenvalue weighted by Gasteiger charge is 2.19. The maximum Gasteiger partial charge on any atom is 0.296 e. The first-order chi connectivity index (χ1) is 8.27. The molecule has 0 radical (unpaired) electrons. The van der Waals surface area contributed by atoms with Crippen LogP contribution in [0, 0.1) is 0 Å². The van der Waals surface area contributed by atoms with Gasteiger partial charge in [0.2, 0.25) is 5.91 Å². The van der Waals surface area contributed by atoms with Gasteiger partial charge in [-0.2, -0.15) is 8.42 Å². The Morgan fingerprint density at radius 2 is 2.11 bits per heavy atom. The SMILES string of the molecule is Nc1c(NC(=O)C(Br)CBr)cccc1S(=O)(=O)O. The number of nitrogens with two attached hydrogens (primary N) is 1. The van der Waals surface area contributed by atoms with Crippen LogP contribution in [-0.4, -0.2) is 29.0 Å². The molecule has 4 N–H and O–H groups in total. The fourth-order valence-electron chi connectivity index (χ4n) is 1.16. The number of amides is 1. The van der Waals surface area contributed by atoms with Crippen LogP contribution in [0.4, 0.5) is 11.4 Å². The van der Waals surface area contributed by atoms with Crippen molar-refractivity contribution in [3.63, 3.8) is 0 Å². The molecule has 1 atom stereocenters. The smallest absolute Gasteiger partial charge is 0.296 e. The highest BCUT2D eigenvalue weighted by molar-refractivity contribution is 9.12. The summed E-state index contributed by atoms with van der Waals surface area (Å²) >= 11 is 6.23. The van der Waals surface area contributed by atoms with Gasteiger partial charge < -0.3 is 11.1 Å². The molecule has 0 spiro atoms. The highest BCUT2D eigenvalue weighted by atomic mass is 79.9. The van der Waals surface area contributed by atoms with Crippen molar-refractivity contribution < 1.29 is 17.8 Å². The van der Waals surface area contributed by atoms with Gasteiger partial charge in [0, 0.05) is 5.33 Å². The van der Waals surface area contributed by atoms with E-state index in [0.717, 1.165) is 6.07 Å². The van der Waals surface area contributed by atoms with E-state index in [2.05, 4.69) is 37.2 Å². The Kier molecular flexibility index (Phi) is 5.14. The Labute approximate surface area is 121 Å². The summed E-state index contributed by atoms with van der Waals surface area (Å²) in [6.45, 7) is 0. The Morgan fingerprint density at radius 3 is 2.61 bits per heavy atom. The molecule has 0 fully saturated rings. The lowest BCUT2D eigenvalue weighted by molar-refractivity contribution is -0.115. The number of hydrogen-bond donors (Lipinski definition) is 3. The Morgan fingerprint density at radius 1 is 1.50 bits per heavy atom. The number of halogens is 2. The molecule has 100 valence electrons. The molecule has 9 heteroatoms. The van der Waals surface area contributed by atoms with Crippen LogP contribution in [0.25, 0.3) is 0 Å². The molecule has 0 bridgehead atoms. The van der Waals surface area contributed by atoms with Crippen LogP contribution in [0.3, 0.4) is 0 Å². The number of nitrogen functional groups attached to an aromatic ring is 1. The molecule has 6 nitrogen and oxygen atoms in total. The summed E-state index contributed by atoms with van der Waals surface area (Å²) in [6.07, 6.45) is 0. The van der Waals surface area contributed by atoms with E-state index in [9.17, 15) is 13.2 Å². The largest absolute Gasteiger partial charge is 0.396 e. The molecule has 1 aromatic rings. The van der Waals surface area contributed by atoms with Gasteiger partial charge in [-0.15, -0.1) is 0 Å². The standard InChI is InChI=1S/C9H10Br2N2O4S/c10-4-5(11)9(14)13-6-2-1-3-7(8(6)12)18(15,16)17/h1-3,5H,4,12H2,(H,13,14)(H,15,16,17). The number of carbonyl (C=O) groups is 1. The number of alkyl halides is 2. The summed E-state index contributed by atoms with van der Waals surface area (Å²) < 4.78 is 31.0. The van der Waals surface area contributed by atoms with Crippen molar-refractivity contribution in [1.29, 1.82) is 0 Å². The summed E-state index contributed by atoms with van der Waals surface area (Å²) in [6, 6.07) is 3.96. The minimum absolute atomic E-state index is 0.125.